The molecular formula is C20H29N5O3S2. The summed E-state index contributed by atoms with van der Waals surface area (Å²) in [6.07, 6.45) is 2.09. The molecule has 4 rings (SSSR count). The lowest BCUT2D eigenvalue weighted by molar-refractivity contribution is 0.0796. The molecule has 2 saturated heterocycles. The van der Waals surface area contributed by atoms with E-state index in [0.717, 1.165) is 44.7 Å². The molecule has 30 heavy (non-hydrogen) atoms. The quantitative estimate of drug-likeness (QED) is 0.710. The van der Waals surface area contributed by atoms with Crippen molar-refractivity contribution in [1.82, 2.24) is 23.7 Å². The highest BCUT2D eigenvalue weighted by molar-refractivity contribution is 7.89. The van der Waals surface area contributed by atoms with E-state index in [1.807, 2.05) is 37.4 Å². The third-order valence-corrected chi connectivity index (χ3v) is 9.35. The van der Waals surface area contributed by atoms with Gasteiger partial charge in [-0.25, -0.2) is 13.4 Å². The number of sulfonamides is 1. The Bertz CT molecular complexity index is 1060. The predicted molar refractivity (Wildman–Crippen MR) is 117 cm³/mol. The third kappa shape index (κ3) is 3.70. The second-order valence-electron chi connectivity index (χ2n) is 8.18. The zero-order chi connectivity index (χ0) is 21.6. The number of nitrogens with zero attached hydrogens (tertiary/aromatic N) is 5. The molecule has 0 saturated carbocycles. The Labute approximate surface area is 182 Å². The first-order valence-corrected chi connectivity index (χ1v) is 12.6. The molecule has 2 aliphatic rings. The standard InChI is InChI=1S/C20H29N5O3S2/c1-14-18(20(26)24-7-5-6-8-24)29-19(21-14)16-13-17(15(2)23(16)4)30(27,28)25-11-9-22(3)10-12-25/h13H,5-12H2,1-4H3. The van der Waals surface area contributed by atoms with Crippen LogP contribution in [0.1, 0.15) is 33.9 Å². The van der Waals surface area contributed by atoms with Crippen LogP contribution in [-0.4, -0.2) is 84.3 Å². The molecule has 10 heteroatoms. The molecule has 2 aliphatic heterocycles. The summed E-state index contributed by atoms with van der Waals surface area (Å²) >= 11 is 1.35. The Morgan fingerprint density at radius 1 is 1.03 bits per heavy atom. The van der Waals surface area contributed by atoms with Crippen LogP contribution in [0.2, 0.25) is 0 Å². The first kappa shape index (κ1) is 21.5. The molecule has 2 aromatic heterocycles. The summed E-state index contributed by atoms with van der Waals surface area (Å²) in [4.78, 5) is 22.5. The number of piperazine rings is 1. The normalized spacial score (nSPS) is 19.0. The second kappa shape index (κ2) is 8.07. The van der Waals surface area contributed by atoms with Crippen LogP contribution in [0.4, 0.5) is 0 Å². The monoisotopic (exact) mass is 451 g/mol. The average molecular weight is 452 g/mol. The number of likely N-dealkylation sites (tertiary alicyclic amines) is 1. The van der Waals surface area contributed by atoms with Crippen LogP contribution in [0.3, 0.4) is 0 Å². The van der Waals surface area contributed by atoms with Gasteiger partial charge in [0.2, 0.25) is 10.0 Å². The minimum absolute atomic E-state index is 0.0324. The van der Waals surface area contributed by atoms with Crippen LogP contribution in [0.5, 0.6) is 0 Å². The molecule has 0 unspecified atom stereocenters. The second-order valence-corrected chi connectivity index (χ2v) is 11.1. The number of hydrogen-bond donors (Lipinski definition) is 0. The van der Waals surface area contributed by atoms with Crippen molar-refractivity contribution in [2.24, 2.45) is 7.05 Å². The van der Waals surface area contributed by atoms with E-state index in [1.165, 1.54) is 11.3 Å². The molecule has 8 nitrogen and oxygen atoms in total. The van der Waals surface area contributed by atoms with E-state index < -0.39 is 10.0 Å². The van der Waals surface area contributed by atoms with Crippen molar-refractivity contribution in [2.45, 2.75) is 31.6 Å². The minimum atomic E-state index is -3.57. The molecular weight excluding hydrogens is 422 g/mol. The number of carbonyl (C=O) groups excluding carboxylic acids is 1. The topological polar surface area (TPSA) is 78.8 Å². The van der Waals surface area contributed by atoms with Crippen molar-refractivity contribution in [3.63, 3.8) is 0 Å². The van der Waals surface area contributed by atoms with Crippen molar-refractivity contribution in [2.75, 3.05) is 46.3 Å². The number of aromatic nitrogens is 2. The molecule has 0 bridgehead atoms. The largest absolute Gasteiger partial charge is 0.345 e. The summed E-state index contributed by atoms with van der Waals surface area (Å²) in [5, 5.41) is 0.681. The van der Waals surface area contributed by atoms with Crippen LogP contribution in [0, 0.1) is 13.8 Å². The summed E-state index contributed by atoms with van der Waals surface area (Å²) in [6, 6.07) is 1.71. The number of carbonyl (C=O) groups is 1. The molecule has 1 amide bonds. The molecule has 0 radical (unpaired) electrons. The van der Waals surface area contributed by atoms with Crippen LogP contribution in [0.25, 0.3) is 10.7 Å². The molecule has 0 N–H and O–H groups in total. The van der Waals surface area contributed by atoms with Crippen molar-refractivity contribution in [1.29, 1.82) is 0 Å². The van der Waals surface area contributed by atoms with Gasteiger partial charge in [-0.05, 0) is 39.8 Å². The fraction of sp³-hybridized carbons (Fsp3) is 0.600. The predicted octanol–water partition coefficient (Wildman–Crippen LogP) is 1.94. The van der Waals surface area contributed by atoms with Gasteiger partial charge in [0.05, 0.1) is 11.4 Å². The van der Waals surface area contributed by atoms with Gasteiger partial charge in [0, 0.05) is 52.0 Å². The molecule has 4 heterocycles. The maximum Gasteiger partial charge on any atom is 0.265 e. The van der Waals surface area contributed by atoms with Gasteiger partial charge in [0.1, 0.15) is 14.8 Å². The number of likely N-dealkylation sites (N-methyl/N-ethyl adjacent to an activating group) is 1. The fourth-order valence-electron chi connectivity index (χ4n) is 4.07. The average Bonchev–Trinajstić information content (AvgIpc) is 3.43. The summed E-state index contributed by atoms with van der Waals surface area (Å²) in [6.45, 7) is 7.70. The van der Waals surface area contributed by atoms with Crippen LogP contribution < -0.4 is 0 Å². The van der Waals surface area contributed by atoms with E-state index in [9.17, 15) is 13.2 Å². The minimum Gasteiger partial charge on any atom is -0.345 e. The van der Waals surface area contributed by atoms with Crippen LogP contribution >= 0.6 is 11.3 Å². The molecule has 2 aromatic rings. The Morgan fingerprint density at radius 2 is 1.67 bits per heavy atom. The lowest BCUT2D eigenvalue weighted by Gasteiger charge is -2.31. The van der Waals surface area contributed by atoms with Gasteiger partial charge in [0.15, 0.2) is 0 Å². The van der Waals surface area contributed by atoms with E-state index in [0.29, 0.717) is 39.3 Å². The lowest BCUT2D eigenvalue weighted by atomic mass is 10.3. The van der Waals surface area contributed by atoms with E-state index in [-0.39, 0.29) is 5.91 Å². The van der Waals surface area contributed by atoms with E-state index in [2.05, 4.69) is 9.88 Å². The van der Waals surface area contributed by atoms with Crippen LogP contribution in [0.15, 0.2) is 11.0 Å². The molecule has 164 valence electrons. The number of hydrogen-bond acceptors (Lipinski definition) is 6. The maximum absolute atomic E-state index is 13.3. The van der Waals surface area contributed by atoms with Gasteiger partial charge in [-0.15, -0.1) is 11.3 Å². The first-order chi connectivity index (χ1) is 14.2. The van der Waals surface area contributed by atoms with E-state index in [4.69, 9.17) is 0 Å². The number of thiazole rings is 1. The summed E-state index contributed by atoms with van der Waals surface area (Å²) in [5.74, 6) is 0.0324. The maximum atomic E-state index is 13.3. The highest BCUT2D eigenvalue weighted by Crippen LogP contribution is 2.34. The zero-order valence-corrected chi connectivity index (χ0v) is 19.6. The highest BCUT2D eigenvalue weighted by Gasteiger charge is 2.32. The Balaban J connectivity index is 1.67. The van der Waals surface area contributed by atoms with Gasteiger partial charge >= 0.3 is 0 Å². The number of aryl methyl sites for hydroxylation is 1. The lowest BCUT2D eigenvalue weighted by Crippen LogP contribution is -2.47. The summed E-state index contributed by atoms with van der Waals surface area (Å²) < 4.78 is 30.0. The van der Waals surface area contributed by atoms with Crippen molar-refractivity contribution in [3.8, 4) is 10.7 Å². The Morgan fingerprint density at radius 3 is 2.30 bits per heavy atom. The van der Waals surface area contributed by atoms with Gasteiger partial charge in [-0.1, -0.05) is 0 Å². The Kier molecular flexibility index (Phi) is 5.78. The van der Waals surface area contributed by atoms with Gasteiger partial charge in [-0.2, -0.15) is 4.31 Å². The highest BCUT2D eigenvalue weighted by atomic mass is 32.2. The van der Waals surface area contributed by atoms with Gasteiger partial charge in [0.25, 0.3) is 5.91 Å². The zero-order valence-electron chi connectivity index (χ0n) is 18.0. The summed E-state index contributed by atoms with van der Waals surface area (Å²) in [5.41, 5.74) is 2.12. The van der Waals surface area contributed by atoms with Crippen molar-refractivity contribution < 1.29 is 13.2 Å². The number of amides is 1. The molecule has 0 aromatic carbocycles. The van der Waals surface area contributed by atoms with Gasteiger partial charge in [-0.3, -0.25) is 4.79 Å². The third-order valence-electron chi connectivity index (χ3n) is 6.17. The SMILES string of the molecule is Cc1nc(-c2cc(S(=O)(=O)N3CCN(C)CC3)c(C)n2C)sc1C(=O)N1CCCC1. The summed E-state index contributed by atoms with van der Waals surface area (Å²) in [7, 11) is 0.284. The fourth-order valence-corrected chi connectivity index (χ4v) is 6.85. The smallest absolute Gasteiger partial charge is 0.265 e. The molecule has 0 spiro atoms. The van der Waals surface area contributed by atoms with E-state index >= 15 is 0 Å². The first-order valence-electron chi connectivity index (χ1n) is 10.3. The van der Waals surface area contributed by atoms with Crippen LogP contribution in [-0.2, 0) is 17.1 Å². The van der Waals surface area contributed by atoms with Crippen molar-refractivity contribution in [3.05, 3.63) is 22.3 Å². The van der Waals surface area contributed by atoms with Crippen molar-refractivity contribution >= 4 is 27.3 Å². The molecule has 0 aliphatic carbocycles. The number of rotatable bonds is 4. The van der Waals surface area contributed by atoms with Gasteiger partial charge < -0.3 is 14.4 Å². The Hall–Kier alpha value is -1.75. The van der Waals surface area contributed by atoms with E-state index in [1.54, 1.807) is 10.4 Å². The molecule has 0 atom stereocenters. The molecule has 2 fully saturated rings.